The quantitative estimate of drug-likeness (QED) is 0.936. The van der Waals surface area contributed by atoms with Crippen molar-refractivity contribution in [2.75, 3.05) is 13.7 Å². The van der Waals surface area contributed by atoms with Gasteiger partial charge in [0, 0.05) is 24.2 Å². The van der Waals surface area contributed by atoms with E-state index in [0.29, 0.717) is 25.1 Å². The number of amides is 2. The number of nitrogens with zero attached hydrogens (tertiary/aromatic N) is 2. The van der Waals surface area contributed by atoms with Crippen molar-refractivity contribution in [3.8, 4) is 5.75 Å². The first-order valence-electron chi connectivity index (χ1n) is 7.46. The molecule has 2 heterocycles. The zero-order valence-corrected chi connectivity index (χ0v) is 13.6. The molecule has 0 aliphatic carbocycles. The van der Waals surface area contributed by atoms with Gasteiger partial charge in [0.1, 0.15) is 5.01 Å². The number of fused-ring (bicyclic) bond motifs is 1. The number of para-hydroxylation sites is 1. The molecule has 5 nitrogen and oxygen atoms in total. The summed E-state index contributed by atoms with van der Waals surface area (Å²) in [6.07, 6.45) is 3.19. The zero-order valence-electron chi connectivity index (χ0n) is 12.8. The van der Waals surface area contributed by atoms with Crippen molar-refractivity contribution in [2.45, 2.75) is 25.4 Å². The Balaban J connectivity index is 1.72. The Hall–Kier alpha value is -2.15. The molecule has 1 aromatic carbocycles. The summed E-state index contributed by atoms with van der Waals surface area (Å²) in [5.74, 6) is -0.141. The molecule has 1 aliphatic rings. The highest BCUT2D eigenvalue weighted by Gasteiger charge is 2.24. The first-order chi connectivity index (χ1) is 11.1. The lowest BCUT2D eigenvalue weighted by Gasteiger charge is -2.23. The number of ether oxygens (including phenoxy) is 1. The van der Waals surface area contributed by atoms with Crippen LogP contribution in [0, 0.1) is 5.82 Å². The number of hydrogen-bond donors (Lipinski definition) is 1. The molecule has 0 fully saturated rings. The van der Waals surface area contributed by atoms with Crippen LogP contribution in [0.15, 0.2) is 29.8 Å². The largest absolute Gasteiger partial charge is 0.490 e. The molecule has 2 amide bonds. The van der Waals surface area contributed by atoms with E-state index in [1.165, 1.54) is 17.4 Å². The van der Waals surface area contributed by atoms with Crippen LogP contribution in [0.1, 0.15) is 29.5 Å². The van der Waals surface area contributed by atoms with Crippen molar-refractivity contribution in [1.82, 2.24) is 15.2 Å². The monoisotopic (exact) mass is 335 g/mol. The number of carbonyl (C=O) groups excluding carboxylic acids is 1. The van der Waals surface area contributed by atoms with Crippen molar-refractivity contribution < 1.29 is 13.9 Å². The van der Waals surface area contributed by atoms with E-state index in [1.807, 2.05) is 5.38 Å². The van der Waals surface area contributed by atoms with Crippen LogP contribution >= 0.6 is 11.3 Å². The summed E-state index contributed by atoms with van der Waals surface area (Å²) in [5, 5.41) is 5.72. The molecule has 1 aliphatic heterocycles. The second-order valence-corrected chi connectivity index (χ2v) is 6.41. The van der Waals surface area contributed by atoms with Crippen LogP contribution in [-0.4, -0.2) is 29.6 Å². The molecule has 0 saturated heterocycles. The smallest absolute Gasteiger partial charge is 0.318 e. The van der Waals surface area contributed by atoms with Crippen molar-refractivity contribution >= 4 is 17.4 Å². The van der Waals surface area contributed by atoms with Gasteiger partial charge in [-0.1, -0.05) is 12.1 Å². The van der Waals surface area contributed by atoms with Crippen LogP contribution in [0.3, 0.4) is 0 Å². The van der Waals surface area contributed by atoms with E-state index in [1.54, 1.807) is 30.3 Å². The third kappa shape index (κ3) is 3.61. The molecule has 122 valence electrons. The summed E-state index contributed by atoms with van der Waals surface area (Å²) in [4.78, 5) is 18.1. The highest BCUT2D eigenvalue weighted by molar-refractivity contribution is 7.09. The van der Waals surface area contributed by atoms with Gasteiger partial charge in [0.2, 0.25) is 0 Å². The molecule has 2 aromatic rings. The first-order valence-corrected chi connectivity index (χ1v) is 8.34. The van der Waals surface area contributed by atoms with Gasteiger partial charge in [-0.25, -0.2) is 14.2 Å². The second kappa shape index (κ2) is 6.95. The summed E-state index contributed by atoms with van der Waals surface area (Å²) < 4.78 is 19.4. The van der Waals surface area contributed by atoms with Gasteiger partial charge < -0.3 is 15.0 Å². The van der Waals surface area contributed by atoms with Crippen LogP contribution in [0.2, 0.25) is 0 Å². The third-order valence-electron chi connectivity index (χ3n) is 3.76. The summed E-state index contributed by atoms with van der Waals surface area (Å²) in [6.45, 7) is 0.901. The lowest BCUT2D eigenvalue weighted by molar-refractivity contribution is 0.202. The fourth-order valence-corrected chi connectivity index (χ4v) is 3.25. The van der Waals surface area contributed by atoms with E-state index in [2.05, 4.69) is 10.3 Å². The Labute approximate surface area is 138 Å². The standard InChI is InChI=1S/C16H18FN3O2S/c1-20(10-14-18-7-9-23-14)16(21)19-13-6-3-8-22-15-11(13)4-2-5-12(15)17/h2,4-5,7,9,13H,3,6,8,10H2,1H3,(H,19,21). The lowest BCUT2D eigenvalue weighted by atomic mass is 10.0. The van der Waals surface area contributed by atoms with Gasteiger partial charge in [-0.05, 0) is 18.9 Å². The second-order valence-electron chi connectivity index (χ2n) is 5.43. The predicted molar refractivity (Wildman–Crippen MR) is 86.0 cm³/mol. The van der Waals surface area contributed by atoms with Gasteiger partial charge in [-0.2, -0.15) is 0 Å². The number of urea groups is 1. The van der Waals surface area contributed by atoms with Crippen molar-refractivity contribution in [3.63, 3.8) is 0 Å². The average Bonchev–Trinajstić information content (AvgIpc) is 2.95. The molecular weight excluding hydrogens is 317 g/mol. The van der Waals surface area contributed by atoms with E-state index >= 15 is 0 Å². The first kappa shape index (κ1) is 15.7. The zero-order chi connectivity index (χ0) is 16.2. The van der Waals surface area contributed by atoms with Crippen LogP contribution < -0.4 is 10.1 Å². The number of rotatable bonds is 3. The van der Waals surface area contributed by atoms with E-state index < -0.39 is 0 Å². The minimum atomic E-state index is -0.389. The molecule has 0 radical (unpaired) electrons. The predicted octanol–water partition coefficient (Wildman–Crippen LogP) is 3.34. The van der Waals surface area contributed by atoms with Gasteiger partial charge in [-0.3, -0.25) is 0 Å². The van der Waals surface area contributed by atoms with Gasteiger partial charge >= 0.3 is 6.03 Å². The van der Waals surface area contributed by atoms with Gasteiger partial charge in [0.05, 0.1) is 19.2 Å². The van der Waals surface area contributed by atoms with E-state index in [0.717, 1.165) is 11.4 Å². The van der Waals surface area contributed by atoms with Crippen LogP contribution in [0.25, 0.3) is 0 Å². The maximum atomic E-state index is 13.9. The Bertz CT molecular complexity index is 678. The minimum absolute atomic E-state index is 0.206. The van der Waals surface area contributed by atoms with E-state index in [9.17, 15) is 9.18 Å². The summed E-state index contributed by atoms with van der Waals surface area (Å²) in [7, 11) is 1.72. The summed E-state index contributed by atoms with van der Waals surface area (Å²) in [5.41, 5.74) is 0.693. The molecule has 0 spiro atoms. The Morgan fingerprint density at radius 1 is 1.57 bits per heavy atom. The van der Waals surface area contributed by atoms with Crippen molar-refractivity contribution in [1.29, 1.82) is 0 Å². The topological polar surface area (TPSA) is 54.5 Å². The Kier molecular flexibility index (Phi) is 4.76. The number of nitrogens with one attached hydrogen (secondary N) is 1. The van der Waals surface area contributed by atoms with Crippen LogP contribution in [0.4, 0.5) is 9.18 Å². The number of halogens is 1. The molecule has 1 unspecified atom stereocenters. The molecule has 1 N–H and O–H groups in total. The number of carbonyl (C=O) groups is 1. The van der Waals surface area contributed by atoms with Gasteiger partial charge in [-0.15, -0.1) is 11.3 Å². The van der Waals surface area contributed by atoms with E-state index in [4.69, 9.17) is 4.74 Å². The van der Waals surface area contributed by atoms with Gasteiger partial charge in [0.25, 0.3) is 0 Å². The number of benzene rings is 1. The van der Waals surface area contributed by atoms with E-state index in [-0.39, 0.29) is 23.6 Å². The summed E-state index contributed by atoms with van der Waals surface area (Å²) >= 11 is 1.51. The fourth-order valence-electron chi connectivity index (χ4n) is 2.58. The minimum Gasteiger partial charge on any atom is -0.490 e. The number of aromatic nitrogens is 1. The molecule has 0 bridgehead atoms. The highest BCUT2D eigenvalue weighted by Crippen LogP contribution is 2.33. The van der Waals surface area contributed by atoms with Gasteiger partial charge in [0.15, 0.2) is 11.6 Å². The maximum Gasteiger partial charge on any atom is 0.318 e. The molecule has 3 rings (SSSR count). The molecule has 1 atom stereocenters. The molecule has 23 heavy (non-hydrogen) atoms. The normalized spacial score (nSPS) is 16.9. The van der Waals surface area contributed by atoms with Crippen LogP contribution in [-0.2, 0) is 6.54 Å². The fraction of sp³-hybridized carbons (Fsp3) is 0.375. The highest BCUT2D eigenvalue weighted by atomic mass is 32.1. The van der Waals surface area contributed by atoms with Crippen LogP contribution in [0.5, 0.6) is 5.75 Å². The average molecular weight is 335 g/mol. The molecule has 1 aromatic heterocycles. The SMILES string of the molecule is CN(Cc1nccs1)C(=O)NC1CCCOc2c(F)cccc21. The van der Waals surface area contributed by atoms with Crippen molar-refractivity contribution in [3.05, 3.63) is 46.2 Å². The Morgan fingerprint density at radius 3 is 3.22 bits per heavy atom. The molecule has 7 heteroatoms. The van der Waals surface area contributed by atoms with Crippen molar-refractivity contribution in [2.24, 2.45) is 0 Å². The lowest BCUT2D eigenvalue weighted by Crippen LogP contribution is -2.39. The summed E-state index contributed by atoms with van der Waals surface area (Å²) in [6, 6.07) is 4.35. The number of hydrogen-bond acceptors (Lipinski definition) is 4. The molecular formula is C16H18FN3O2S. The third-order valence-corrected chi connectivity index (χ3v) is 4.52. The molecule has 0 saturated carbocycles. The Morgan fingerprint density at radius 2 is 2.43 bits per heavy atom. The number of thiazole rings is 1. The maximum absolute atomic E-state index is 13.9.